The van der Waals surface area contributed by atoms with Crippen LogP contribution in [-0.2, 0) is 30.3 Å². The lowest BCUT2D eigenvalue weighted by Gasteiger charge is -2.49. The molecule has 196 valence electrons. The van der Waals surface area contributed by atoms with E-state index >= 15 is 0 Å². The molecule has 1 fully saturated rings. The predicted molar refractivity (Wildman–Crippen MR) is 136 cm³/mol. The Morgan fingerprint density at radius 1 is 1.13 bits per heavy atom. The Morgan fingerprint density at radius 3 is 2.58 bits per heavy atom. The van der Waals surface area contributed by atoms with Crippen LogP contribution in [0, 0.1) is 0 Å². The van der Waals surface area contributed by atoms with Crippen LogP contribution >= 0.6 is 24.0 Å². The van der Waals surface area contributed by atoms with Crippen LogP contribution in [-0.4, -0.2) is 78.4 Å². The Hall–Kier alpha value is -4.37. The van der Waals surface area contributed by atoms with E-state index in [0.717, 1.165) is 10.5 Å². The molecule has 2 aromatic heterocycles. The molecule has 0 spiro atoms. The molecule has 2 aliphatic heterocycles. The van der Waals surface area contributed by atoms with E-state index in [-0.39, 0.29) is 22.6 Å². The second-order valence-electron chi connectivity index (χ2n) is 7.97. The number of thiocarbonyl (C=S) groups is 1. The van der Waals surface area contributed by atoms with Gasteiger partial charge in [0.2, 0.25) is 0 Å². The number of hydrogen-bond acceptors (Lipinski definition) is 10. The van der Waals surface area contributed by atoms with Crippen molar-refractivity contribution in [2.75, 3.05) is 12.4 Å². The van der Waals surface area contributed by atoms with Crippen molar-refractivity contribution in [3.63, 3.8) is 0 Å². The first-order chi connectivity index (χ1) is 18.3. The van der Waals surface area contributed by atoms with Gasteiger partial charge in [-0.05, 0) is 29.8 Å². The maximum absolute atomic E-state index is 12.8. The molecule has 0 aliphatic carbocycles. The van der Waals surface area contributed by atoms with Crippen molar-refractivity contribution in [1.82, 2.24) is 31.0 Å². The number of aliphatic carboxylic acids is 1. The molecule has 0 aromatic carbocycles. The number of amides is 3. The molecule has 2 aliphatic rings. The van der Waals surface area contributed by atoms with Gasteiger partial charge in [-0.25, -0.2) is 9.59 Å². The number of carboxylic acid groups (broad SMARTS) is 1. The van der Waals surface area contributed by atoms with E-state index in [9.17, 15) is 29.1 Å². The molecule has 4 N–H and O–H groups in total. The molecule has 0 radical (unpaired) electrons. The van der Waals surface area contributed by atoms with E-state index < -0.39 is 47.7 Å². The molecule has 0 bridgehead atoms. The maximum atomic E-state index is 12.8. The number of hydrazine groups is 1. The Bertz CT molecular complexity index is 1320. The number of aromatic nitrogens is 2. The van der Waals surface area contributed by atoms with Crippen LogP contribution in [0.5, 0.6) is 0 Å². The summed E-state index contributed by atoms with van der Waals surface area (Å²) in [7, 11) is 0. The summed E-state index contributed by atoms with van der Waals surface area (Å²) in [5.74, 6) is -5.05. The maximum Gasteiger partial charge on any atom is 0.398 e. The van der Waals surface area contributed by atoms with E-state index in [0.29, 0.717) is 11.4 Å². The fourth-order valence-corrected chi connectivity index (χ4v) is 5.28. The van der Waals surface area contributed by atoms with Crippen molar-refractivity contribution in [2.24, 2.45) is 0 Å². The Labute approximate surface area is 225 Å². The van der Waals surface area contributed by atoms with Gasteiger partial charge in [-0.3, -0.25) is 40.1 Å². The smallest absolute Gasteiger partial charge is 0.398 e. The summed E-state index contributed by atoms with van der Waals surface area (Å²) < 4.78 is 4.93. The summed E-state index contributed by atoms with van der Waals surface area (Å²) in [6.45, 7) is -0.535. The number of esters is 1. The number of nitrogens with one attached hydrogen (secondary N) is 3. The third-order valence-electron chi connectivity index (χ3n) is 5.46. The highest BCUT2D eigenvalue weighted by Crippen LogP contribution is 2.40. The van der Waals surface area contributed by atoms with Crippen molar-refractivity contribution in [3.05, 3.63) is 71.4 Å². The van der Waals surface area contributed by atoms with Crippen molar-refractivity contribution in [3.8, 4) is 0 Å². The lowest BCUT2D eigenvalue weighted by molar-refractivity contribution is -0.154. The normalized spacial score (nSPS) is 18.0. The van der Waals surface area contributed by atoms with Gasteiger partial charge in [0.05, 0.1) is 10.6 Å². The zero-order valence-electron chi connectivity index (χ0n) is 19.4. The minimum atomic E-state index is -1.37. The highest BCUT2D eigenvalue weighted by molar-refractivity contribution is 8.00. The number of fused-ring (bicyclic) bond motifs is 1. The number of carboxylic acids is 1. The minimum Gasteiger partial charge on any atom is -0.477 e. The number of hydrogen-bond donors (Lipinski definition) is 4. The molecule has 3 amide bonds. The van der Waals surface area contributed by atoms with Crippen LogP contribution in [0.15, 0.2) is 60.3 Å². The van der Waals surface area contributed by atoms with Crippen LogP contribution in [0.4, 0.5) is 0 Å². The number of carbonyl (C=O) groups is 5. The van der Waals surface area contributed by atoms with Crippen molar-refractivity contribution >= 4 is 58.6 Å². The summed E-state index contributed by atoms with van der Waals surface area (Å²) >= 11 is 6.63. The topological polar surface area (TPSA) is 180 Å². The van der Waals surface area contributed by atoms with Gasteiger partial charge in [-0.1, -0.05) is 12.2 Å². The highest BCUT2D eigenvalue weighted by Gasteiger charge is 2.54. The molecule has 0 saturated carbocycles. The monoisotopic (exact) mass is 556 g/mol. The van der Waals surface area contributed by atoms with E-state index in [2.05, 4.69) is 15.3 Å². The van der Waals surface area contributed by atoms with Gasteiger partial charge in [-0.15, -0.1) is 11.8 Å². The molecule has 0 unspecified atom stereocenters. The van der Waals surface area contributed by atoms with Gasteiger partial charge < -0.3 is 15.2 Å². The summed E-state index contributed by atoms with van der Waals surface area (Å²) in [4.78, 5) is 70.0. The predicted octanol–water partition coefficient (Wildman–Crippen LogP) is -0.437. The molecule has 38 heavy (non-hydrogen) atoms. The summed E-state index contributed by atoms with van der Waals surface area (Å²) in [6.07, 6.45) is 6.38. The fourth-order valence-electron chi connectivity index (χ4n) is 3.66. The minimum absolute atomic E-state index is 0.137. The van der Waals surface area contributed by atoms with Crippen molar-refractivity contribution in [1.29, 1.82) is 0 Å². The lowest BCUT2D eigenvalue weighted by Crippen LogP contribution is -2.70. The number of pyridine rings is 2. The zero-order valence-corrected chi connectivity index (χ0v) is 21.1. The molecule has 2 aromatic rings. The van der Waals surface area contributed by atoms with Gasteiger partial charge in [-0.2, -0.15) is 0 Å². The van der Waals surface area contributed by atoms with Crippen molar-refractivity contribution < 1.29 is 33.8 Å². The molecule has 2 atom stereocenters. The van der Waals surface area contributed by atoms with E-state index in [1.54, 1.807) is 24.5 Å². The van der Waals surface area contributed by atoms with Gasteiger partial charge in [0.25, 0.3) is 11.8 Å². The Kier molecular flexibility index (Phi) is 8.28. The number of thioether (sulfide) groups is 1. The van der Waals surface area contributed by atoms with E-state index in [1.807, 2.05) is 10.9 Å². The quantitative estimate of drug-likeness (QED) is 0.114. The standard InChI is InChI=1S/C23H20N6O7S2/c30-18(13-2-1-5-25-9-13)27-28-19(31)23(35)36-10-14-11-38-21-16(20(32)29(21)17(14)22(33)34)26-15(37)8-12-3-6-24-7-4-12/h1-7,9,16,21H,8,10-11H2,(H,26,37)(H,27,30)(H,28,31)(H,33,34)/t16-,21-/m1/s1. The second kappa shape index (κ2) is 11.8. The number of rotatable bonds is 7. The van der Waals surface area contributed by atoms with Gasteiger partial charge >= 0.3 is 17.8 Å². The average molecular weight is 557 g/mol. The first-order valence-corrected chi connectivity index (χ1v) is 12.5. The van der Waals surface area contributed by atoms with Crippen LogP contribution in [0.25, 0.3) is 0 Å². The third-order valence-corrected chi connectivity index (χ3v) is 7.06. The van der Waals surface area contributed by atoms with E-state index in [1.165, 1.54) is 36.3 Å². The summed E-state index contributed by atoms with van der Waals surface area (Å²) in [5.41, 5.74) is 4.85. The van der Waals surface area contributed by atoms with Gasteiger partial charge in [0.1, 0.15) is 23.7 Å². The molecule has 15 heteroatoms. The van der Waals surface area contributed by atoms with Crippen LogP contribution in [0.3, 0.4) is 0 Å². The number of nitrogens with zero attached hydrogens (tertiary/aromatic N) is 3. The highest BCUT2D eigenvalue weighted by atomic mass is 32.2. The SMILES string of the molecule is O=C(O)C1=C(COC(=O)C(=O)NNC(=O)c2cccnc2)CS[C@@H]2[C@H](NC(=S)Cc3ccncc3)C(=O)N12. The van der Waals surface area contributed by atoms with Crippen molar-refractivity contribution in [2.45, 2.75) is 17.8 Å². The molecule has 4 rings (SSSR count). The number of carbonyl (C=O) groups excluding carboxylic acids is 4. The first kappa shape index (κ1) is 26.7. The van der Waals surface area contributed by atoms with Gasteiger partial charge in [0.15, 0.2) is 0 Å². The van der Waals surface area contributed by atoms with Crippen LogP contribution in [0.2, 0.25) is 0 Å². The van der Waals surface area contributed by atoms with Gasteiger partial charge in [0, 0.05) is 42.5 Å². The lowest BCUT2D eigenvalue weighted by atomic mass is 10.0. The molecular weight excluding hydrogens is 536 g/mol. The zero-order chi connectivity index (χ0) is 27.2. The average Bonchev–Trinajstić information content (AvgIpc) is 2.93. The second-order valence-corrected chi connectivity index (χ2v) is 9.57. The Balaban J connectivity index is 1.32. The fraction of sp³-hybridized carbons (Fsp3) is 0.217. The molecule has 4 heterocycles. The molecule has 1 saturated heterocycles. The summed E-state index contributed by atoms with van der Waals surface area (Å²) in [6, 6.07) is 5.86. The van der Waals surface area contributed by atoms with Crippen LogP contribution < -0.4 is 16.2 Å². The first-order valence-electron chi connectivity index (χ1n) is 11.0. The number of ether oxygens (including phenoxy) is 1. The summed E-state index contributed by atoms with van der Waals surface area (Å²) in [5, 5.41) is 12.2. The largest absolute Gasteiger partial charge is 0.477 e. The molecular formula is C23H20N6O7S2. The Morgan fingerprint density at radius 2 is 1.89 bits per heavy atom. The third kappa shape index (κ3) is 5.95. The van der Waals surface area contributed by atoms with Crippen LogP contribution in [0.1, 0.15) is 15.9 Å². The molecule has 13 nitrogen and oxygen atoms in total. The number of β-lactam (4-membered cyclic amide) rings is 1. The van der Waals surface area contributed by atoms with E-state index in [4.69, 9.17) is 17.0 Å².